The van der Waals surface area contributed by atoms with Crippen molar-refractivity contribution in [3.63, 3.8) is 0 Å². The molecule has 1 fully saturated rings. The lowest BCUT2D eigenvalue weighted by atomic mass is 10.1. The minimum Gasteiger partial charge on any atom is -0.341 e. The zero-order valence-corrected chi connectivity index (χ0v) is 14.5. The molecule has 2 rings (SSSR count). The number of hydrogen-bond donors (Lipinski definition) is 0. The summed E-state index contributed by atoms with van der Waals surface area (Å²) in [6.07, 6.45) is 3.70. The molecule has 0 atom stereocenters. The van der Waals surface area contributed by atoms with E-state index in [0.717, 1.165) is 49.6 Å². The zero-order valence-electron chi connectivity index (χ0n) is 12.9. The van der Waals surface area contributed by atoms with E-state index < -0.39 is 0 Å². The number of rotatable bonds is 7. The van der Waals surface area contributed by atoms with Crippen molar-refractivity contribution in [1.29, 1.82) is 0 Å². The summed E-state index contributed by atoms with van der Waals surface area (Å²) >= 11 is 7.71. The molecule has 21 heavy (non-hydrogen) atoms. The summed E-state index contributed by atoms with van der Waals surface area (Å²) in [6, 6.07) is 0. The Hall–Kier alpha value is -0.590. The van der Waals surface area contributed by atoms with E-state index in [9.17, 15) is 0 Å². The van der Waals surface area contributed by atoms with Gasteiger partial charge in [-0.1, -0.05) is 25.6 Å². The van der Waals surface area contributed by atoms with Gasteiger partial charge in [0.15, 0.2) is 5.16 Å². The van der Waals surface area contributed by atoms with Crippen LogP contribution in [0.1, 0.15) is 33.1 Å². The Kier molecular flexibility index (Phi) is 6.99. The summed E-state index contributed by atoms with van der Waals surface area (Å²) in [7, 11) is 0. The third kappa shape index (κ3) is 5.27. The molecule has 0 aliphatic carbocycles. The SMILES string of the molecule is CCN(CC)CCSc1nc(Cl)nc(N2CCCCC2)n1. The first-order valence-electron chi connectivity index (χ1n) is 7.74. The van der Waals surface area contributed by atoms with Crippen molar-refractivity contribution in [2.75, 3.05) is 43.4 Å². The third-order valence-corrected chi connectivity index (χ3v) is 4.74. The van der Waals surface area contributed by atoms with Crippen LogP contribution in [0.25, 0.3) is 0 Å². The summed E-state index contributed by atoms with van der Waals surface area (Å²) < 4.78 is 0. The third-order valence-electron chi connectivity index (χ3n) is 3.75. The molecule has 0 aromatic carbocycles. The number of aromatic nitrogens is 3. The van der Waals surface area contributed by atoms with Gasteiger partial charge in [-0.15, -0.1) is 0 Å². The molecule has 0 bridgehead atoms. The first kappa shape index (κ1) is 16.8. The number of nitrogens with zero attached hydrogens (tertiary/aromatic N) is 5. The van der Waals surface area contributed by atoms with Crippen molar-refractivity contribution < 1.29 is 0 Å². The highest BCUT2D eigenvalue weighted by molar-refractivity contribution is 7.99. The lowest BCUT2D eigenvalue weighted by Gasteiger charge is -2.26. The average molecular weight is 330 g/mol. The molecule has 0 amide bonds. The summed E-state index contributed by atoms with van der Waals surface area (Å²) in [5.74, 6) is 1.71. The van der Waals surface area contributed by atoms with E-state index in [0.29, 0.717) is 5.28 Å². The van der Waals surface area contributed by atoms with Gasteiger partial charge in [-0.05, 0) is 44.0 Å². The standard InChI is InChI=1S/C14H24ClN5S/c1-3-19(4-2)10-11-21-14-17-12(15)16-13(18-14)20-8-6-5-7-9-20/h3-11H2,1-2H3. The molecule has 5 nitrogen and oxygen atoms in total. The zero-order chi connectivity index (χ0) is 15.1. The highest BCUT2D eigenvalue weighted by Gasteiger charge is 2.16. The number of anilines is 1. The molecule has 118 valence electrons. The minimum absolute atomic E-state index is 0.302. The fourth-order valence-corrected chi connectivity index (χ4v) is 3.46. The molecule has 0 radical (unpaired) electrons. The van der Waals surface area contributed by atoms with Crippen LogP contribution in [0.2, 0.25) is 5.28 Å². The van der Waals surface area contributed by atoms with Gasteiger partial charge in [0.05, 0.1) is 0 Å². The minimum atomic E-state index is 0.302. The predicted octanol–water partition coefficient (Wildman–Crippen LogP) is 2.95. The van der Waals surface area contributed by atoms with Gasteiger partial charge >= 0.3 is 0 Å². The van der Waals surface area contributed by atoms with Crippen LogP contribution in [0.15, 0.2) is 5.16 Å². The fraction of sp³-hybridized carbons (Fsp3) is 0.786. The molecule has 0 spiro atoms. The molecule has 2 heterocycles. The first-order chi connectivity index (χ1) is 10.2. The van der Waals surface area contributed by atoms with Crippen LogP contribution < -0.4 is 4.90 Å². The molecule has 1 saturated heterocycles. The largest absolute Gasteiger partial charge is 0.341 e. The van der Waals surface area contributed by atoms with Crippen LogP contribution in [0.5, 0.6) is 0 Å². The van der Waals surface area contributed by atoms with E-state index >= 15 is 0 Å². The van der Waals surface area contributed by atoms with Gasteiger partial charge in [0.2, 0.25) is 11.2 Å². The molecular formula is C14H24ClN5S. The highest BCUT2D eigenvalue weighted by Crippen LogP contribution is 2.21. The first-order valence-corrected chi connectivity index (χ1v) is 9.11. The fourth-order valence-electron chi connectivity index (χ4n) is 2.43. The molecule has 7 heteroatoms. The molecule has 1 aliphatic heterocycles. The second-order valence-corrected chi connectivity index (χ2v) is 6.51. The molecular weight excluding hydrogens is 306 g/mol. The maximum Gasteiger partial charge on any atom is 0.230 e. The summed E-state index contributed by atoms with van der Waals surface area (Å²) in [5.41, 5.74) is 0. The second kappa shape index (κ2) is 8.76. The monoisotopic (exact) mass is 329 g/mol. The highest BCUT2D eigenvalue weighted by atomic mass is 35.5. The van der Waals surface area contributed by atoms with E-state index in [2.05, 4.69) is 38.6 Å². The maximum absolute atomic E-state index is 6.05. The quantitative estimate of drug-likeness (QED) is 0.717. The molecule has 1 aromatic heterocycles. The van der Waals surface area contributed by atoms with E-state index in [1.54, 1.807) is 11.8 Å². The van der Waals surface area contributed by atoms with Crippen LogP contribution in [-0.4, -0.2) is 58.3 Å². The normalized spacial score (nSPS) is 15.7. The number of thioether (sulfide) groups is 1. The van der Waals surface area contributed by atoms with E-state index in [1.807, 2.05) is 0 Å². The van der Waals surface area contributed by atoms with E-state index in [4.69, 9.17) is 11.6 Å². The molecule has 0 saturated carbocycles. The van der Waals surface area contributed by atoms with E-state index in [-0.39, 0.29) is 0 Å². The molecule has 0 N–H and O–H groups in total. The van der Waals surface area contributed by atoms with Crippen molar-refractivity contribution in [2.45, 2.75) is 38.3 Å². The van der Waals surface area contributed by atoms with Crippen LogP contribution in [0, 0.1) is 0 Å². The van der Waals surface area contributed by atoms with Gasteiger partial charge < -0.3 is 9.80 Å². The number of hydrogen-bond acceptors (Lipinski definition) is 6. The summed E-state index contributed by atoms with van der Waals surface area (Å²) in [6.45, 7) is 9.60. The van der Waals surface area contributed by atoms with Crippen molar-refractivity contribution in [1.82, 2.24) is 19.9 Å². The Labute approximate surface area is 136 Å². The Bertz CT molecular complexity index is 435. The summed E-state index contributed by atoms with van der Waals surface area (Å²) in [5, 5.41) is 1.04. The van der Waals surface area contributed by atoms with Crippen LogP contribution in [0.4, 0.5) is 5.95 Å². The van der Waals surface area contributed by atoms with Crippen molar-refractivity contribution >= 4 is 29.3 Å². The van der Waals surface area contributed by atoms with Gasteiger partial charge in [0, 0.05) is 25.4 Å². The van der Waals surface area contributed by atoms with E-state index in [1.165, 1.54) is 19.3 Å². The topological polar surface area (TPSA) is 45.2 Å². The Morgan fingerprint density at radius 2 is 1.81 bits per heavy atom. The Morgan fingerprint density at radius 1 is 1.10 bits per heavy atom. The van der Waals surface area contributed by atoms with Gasteiger partial charge in [-0.2, -0.15) is 15.0 Å². The maximum atomic E-state index is 6.05. The van der Waals surface area contributed by atoms with Crippen LogP contribution in [0.3, 0.4) is 0 Å². The lowest BCUT2D eigenvalue weighted by Crippen LogP contribution is -2.31. The van der Waals surface area contributed by atoms with Crippen LogP contribution in [-0.2, 0) is 0 Å². The molecule has 1 aliphatic rings. The van der Waals surface area contributed by atoms with Gasteiger partial charge in [0.1, 0.15) is 0 Å². The van der Waals surface area contributed by atoms with Crippen molar-refractivity contribution in [2.24, 2.45) is 0 Å². The molecule has 1 aromatic rings. The van der Waals surface area contributed by atoms with Gasteiger partial charge in [0.25, 0.3) is 0 Å². The molecule has 0 unspecified atom stereocenters. The Morgan fingerprint density at radius 3 is 2.48 bits per heavy atom. The second-order valence-electron chi connectivity index (χ2n) is 5.11. The summed E-state index contributed by atoms with van der Waals surface area (Å²) in [4.78, 5) is 17.7. The predicted molar refractivity (Wildman–Crippen MR) is 89.4 cm³/mol. The lowest BCUT2D eigenvalue weighted by molar-refractivity contribution is 0.324. The van der Waals surface area contributed by atoms with Crippen LogP contribution >= 0.6 is 23.4 Å². The van der Waals surface area contributed by atoms with Crippen molar-refractivity contribution in [3.8, 4) is 0 Å². The number of piperidine rings is 1. The Balaban J connectivity index is 1.94. The number of halogens is 1. The average Bonchev–Trinajstić information content (AvgIpc) is 2.52. The van der Waals surface area contributed by atoms with Gasteiger partial charge in [-0.25, -0.2) is 0 Å². The van der Waals surface area contributed by atoms with Crippen molar-refractivity contribution in [3.05, 3.63) is 5.28 Å². The van der Waals surface area contributed by atoms with Gasteiger partial charge in [-0.3, -0.25) is 0 Å². The smallest absolute Gasteiger partial charge is 0.230 e.